The molecule has 0 amide bonds. The topological polar surface area (TPSA) is 77.4 Å². The van der Waals surface area contributed by atoms with Crippen LogP contribution >= 0.6 is 0 Å². The van der Waals surface area contributed by atoms with Crippen LogP contribution < -0.4 is 15.0 Å². The van der Waals surface area contributed by atoms with Gasteiger partial charge in [0.1, 0.15) is 11.6 Å². The molecule has 0 atom stereocenters. The summed E-state index contributed by atoms with van der Waals surface area (Å²) >= 11 is 0. The maximum absolute atomic E-state index is 14.2. The Morgan fingerprint density at radius 3 is 2.48 bits per heavy atom. The Morgan fingerprint density at radius 1 is 1.09 bits per heavy atom. The van der Waals surface area contributed by atoms with Crippen LogP contribution in [0.3, 0.4) is 0 Å². The number of hydrogen-bond acceptors (Lipinski definition) is 4. The maximum atomic E-state index is 14.2. The Morgan fingerprint density at radius 2 is 1.82 bits per heavy atom. The minimum absolute atomic E-state index is 0.0967. The van der Waals surface area contributed by atoms with E-state index in [9.17, 15) is 22.0 Å². The van der Waals surface area contributed by atoms with Gasteiger partial charge in [-0.2, -0.15) is 0 Å². The number of ether oxygens (including phenoxy) is 1. The molecule has 1 N–H and O–H groups in total. The lowest BCUT2D eigenvalue weighted by molar-refractivity contribution is 0.439. The van der Waals surface area contributed by atoms with E-state index in [-0.39, 0.29) is 22.8 Å². The van der Waals surface area contributed by atoms with Gasteiger partial charge in [0, 0.05) is 41.2 Å². The largest absolute Gasteiger partial charge is 0.454 e. The number of rotatable bonds is 8. The molecule has 0 unspecified atom stereocenters. The minimum atomic E-state index is -3.53. The summed E-state index contributed by atoms with van der Waals surface area (Å²) in [6, 6.07) is 9.26. The highest BCUT2D eigenvalue weighted by atomic mass is 32.2. The third-order valence-corrected chi connectivity index (χ3v) is 6.78. The van der Waals surface area contributed by atoms with Crippen molar-refractivity contribution in [2.45, 2.75) is 33.2 Å². The van der Waals surface area contributed by atoms with Crippen molar-refractivity contribution < 1.29 is 21.9 Å². The second-order valence-electron chi connectivity index (χ2n) is 8.21. The first kappa shape index (κ1) is 23.0. The highest BCUT2D eigenvalue weighted by molar-refractivity contribution is 7.92. The second-order valence-corrected chi connectivity index (χ2v) is 10.2. The molecule has 0 radical (unpaired) electrons. The lowest BCUT2D eigenvalue weighted by Crippen LogP contribution is -2.22. The van der Waals surface area contributed by atoms with E-state index in [1.54, 1.807) is 29.8 Å². The van der Waals surface area contributed by atoms with Crippen LogP contribution in [0.5, 0.6) is 11.5 Å². The van der Waals surface area contributed by atoms with Gasteiger partial charge in [-0.3, -0.25) is 9.52 Å². The fraction of sp³-hybridized carbons (Fsp3) is 0.292. The summed E-state index contributed by atoms with van der Waals surface area (Å²) in [7, 11) is -3.53. The predicted molar refractivity (Wildman–Crippen MR) is 123 cm³/mol. The summed E-state index contributed by atoms with van der Waals surface area (Å²) < 4.78 is 61.6. The fourth-order valence-electron chi connectivity index (χ4n) is 3.48. The molecule has 1 aliphatic carbocycles. The molecule has 4 rings (SSSR count). The van der Waals surface area contributed by atoms with Crippen molar-refractivity contribution in [2.75, 3.05) is 10.5 Å². The predicted octanol–water partition coefficient (Wildman–Crippen LogP) is 5.07. The first-order chi connectivity index (χ1) is 15.6. The van der Waals surface area contributed by atoms with E-state index in [2.05, 4.69) is 4.72 Å². The number of benzene rings is 2. The number of aryl methyl sites for hydroxylation is 1. The van der Waals surface area contributed by atoms with Crippen molar-refractivity contribution in [3.05, 3.63) is 76.2 Å². The molecule has 2 aromatic carbocycles. The molecule has 1 saturated carbocycles. The number of sulfonamides is 1. The summed E-state index contributed by atoms with van der Waals surface area (Å²) in [6.07, 6.45) is 3.85. The summed E-state index contributed by atoms with van der Waals surface area (Å²) in [5.74, 6) is -1.19. The van der Waals surface area contributed by atoms with Crippen molar-refractivity contribution in [1.29, 1.82) is 0 Å². The number of nitrogens with zero attached hydrogens (tertiary/aromatic N) is 1. The standard InChI is InChI=1S/C24H24F2N2O4S/c1-3-33(30,31)27-19-7-9-22(32-23-8-6-18(25)11-21(23)26)20(12-19)17-10-15(2)24(29)28(14-17)13-16-4-5-16/h6-12,14,16,27H,3-5,13H2,1-2H3. The molecule has 1 aromatic heterocycles. The summed E-state index contributed by atoms with van der Waals surface area (Å²) in [5.41, 5.74) is 1.80. The molecular weight excluding hydrogens is 450 g/mol. The lowest BCUT2D eigenvalue weighted by Gasteiger charge is -2.16. The number of halogens is 2. The molecule has 3 aromatic rings. The molecule has 0 aliphatic heterocycles. The highest BCUT2D eigenvalue weighted by Crippen LogP contribution is 2.37. The third kappa shape index (κ3) is 5.42. The number of nitrogens with one attached hydrogen (secondary N) is 1. The van der Waals surface area contributed by atoms with Gasteiger partial charge in [-0.05, 0) is 69.0 Å². The molecule has 0 bridgehead atoms. The van der Waals surface area contributed by atoms with E-state index in [0.717, 1.165) is 25.0 Å². The number of anilines is 1. The van der Waals surface area contributed by atoms with Gasteiger partial charge in [-0.1, -0.05) is 0 Å². The van der Waals surface area contributed by atoms with E-state index in [1.165, 1.54) is 25.1 Å². The Labute approximate surface area is 190 Å². The zero-order valence-corrected chi connectivity index (χ0v) is 19.1. The van der Waals surface area contributed by atoms with Crippen molar-refractivity contribution >= 4 is 15.7 Å². The van der Waals surface area contributed by atoms with Crippen LogP contribution in [0.1, 0.15) is 25.3 Å². The number of pyridine rings is 1. The number of aromatic nitrogens is 1. The van der Waals surface area contributed by atoms with Gasteiger partial charge in [0.15, 0.2) is 11.6 Å². The first-order valence-electron chi connectivity index (χ1n) is 10.6. The van der Waals surface area contributed by atoms with Crippen molar-refractivity contribution in [3.63, 3.8) is 0 Å². The van der Waals surface area contributed by atoms with Crippen LogP contribution in [0, 0.1) is 24.5 Å². The van der Waals surface area contributed by atoms with E-state index in [4.69, 9.17) is 4.74 Å². The summed E-state index contributed by atoms with van der Waals surface area (Å²) in [4.78, 5) is 12.6. The molecule has 33 heavy (non-hydrogen) atoms. The normalized spacial score (nSPS) is 13.7. The van der Waals surface area contributed by atoms with Crippen molar-refractivity contribution in [3.8, 4) is 22.6 Å². The molecular formula is C24H24F2N2O4S. The van der Waals surface area contributed by atoms with Crippen LogP contribution in [0.4, 0.5) is 14.5 Å². The second kappa shape index (κ2) is 8.97. The van der Waals surface area contributed by atoms with Gasteiger partial charge in [0.05, 0.1) is 5.75 Å². The van der Waals surface area contributed by atoms with E-state index < -0.39 is 21.7 Å². The van der Waals surface area contributed by atoms with Gasteiger partial charge >= 0.3 is 0 Å². The van der Waals surface area contributed by atoms with Crippen LogP contribution in [0.15, 0.2) is 53.5 Å². The Balaban J connectivity index is 1.82. The Bertz CT molecular complexity index is 1370. The van der Waals surface area contributed by atoms with Gasteiger partial charge < -0.3 is 9.30 Å². The lowest BCUT2D eigenvalue weighted by atomic mass is 10.0. The van der Waals surface area contributed by atoms with Gasteiger partial charge in [-0.15, -0.1) is 0 Å². The quantitative estimate of drug-likeness (QED) is 0.495. The van der Waals surface area contributed by atoms with Crippen LogP contribution in [-0.2, 0) is 16.6 Å². The molecule has 6 nitrogen and oxygen atoms in total. The Kier molecular flexibility index (Phi) is 6.25. The van der Waals surface area contributed by atoms with Gasteiger partial charge in [-0.25, -0.2) is 17.2 Å². The highest BCUT2D eigenvalue weighted by Gasteiger charge is 2.23. The molecule has 9 heteroatoms. The van der Waals surface area contributed by atoms with Crippen LogP contribution in [-0.4, -0.2) is 18.7 Å². The van der Waals surface area contributed by atoms with E-state index in [1.807, 2.05) is 0 Å². The molecule has 174 valence electrons. The molecule has 0 saturated heterocycles. The van der Waals surface area contributed by atoms with Crippen molar-refractivity contribution in [2.24, 2.45) is 5.92 Å². The maximum Gasteiger partial charge on any atom is 0.253 e. The average molecular weight is 475 g/mol. The van der Waals surface area contributed by atoms with E-state index in [0.29, 0.717) is 34.8 Å². The average Bonchev–Trinajstić information content (AvgIpc) is 3.58. The minimum Gasteiger partial charge on any atom is -0.454 e. The monoisotopic (exact) mass is 474 g/mol. The molecule has 1 fully saturated rings. The van der Waals surface area contributed by atoms with Crippen LogP contribution in [0.25, 0.3) is 11.1 Å². The molecule has 0 spiro atoms. The zero-order chi connectivity index (χ0) is 23.8. The molecule has 1 aliphatic rings. The number of hydrogen-bond donors (Lipinski definition) is 1. The van der Waals surface area contributed by atoms with Gasteiger partial charge in [0.25, 0.3) is 5.56 Å². The zero-order valence-electron chi connectivity index (χ0n) is 18.3. The summed E-state index contributed by atoms with van der Waals surface area (Å²) in [5, 5.41) is 0. The smallest absolute Gasteiger partial charge is 0.253 e. The Hall–Kier alpha value is -3.20. The van der Waals surface area contributed by atoms with Gasteiger partial charge in [0.2, 0.25) is 10.0 Å². The SMILES string of the molecule is CCS(=O)(=O)Nc1ccc(Oc2ccc(F)cc2F)c(-c2cc(C)c(=O)n(CC3CC3)c2)c1. The first-order valence-corrected chi connectivity index (χ1v) is 12.3. The van der Waals surface area contributed by atoms with Crippen molar-refractivity contribution in [1.82, 2.24) is 4.57 Å². The third-order valence-electron chi connectivity index (χ3n) is 5.47. The fourth-order valence-corrected chi connectivity index (χ4v) is 4.11. The summed E-state index contributed by atoms with van der Waals surface area (Å²) in [6.45, 7) is 3.83. The molecule has 1 heterocycles. The van der Waals surface area contributed by atoms with Crippen LogP contribution in [0.2, 0.25) is 0 Å². The van der Waals surface area contributed by atoms with E-state index >= 15 is 0 Å².